The van der Waals surface area contributed by atoms with Crippen molar-refractivity contribution in [3.63, 3.8) is 0 Å². The number of likely N-dealkylation sites (tertiary alicyclic amines) is 1. The van der Waals surface area contributed by atoms with E-state index in [0.29, 0.717) is 22.8 Å². The van der Waals surface area contributed by atoms with E-state index in [4.69, 9.17) is 16.3 Å². The highest BCUT2D eigenvalue weighted by molar-refractivity contribution is 6.30. The maximum atomic E-state index is 12.2. The van der Waals surface area contributed by atoms with Gasteiger partial charge in [0.1, 0.15) is 11.4 Å². The Balaban J connectivity index is 1.93. The highest BCUT2D eigenvalue weighted by atomic mass is 35.5. The Morgan fingerprint density at radius 3 is 2.78 bits per heavy atom. The van der Waals surface area contributed by atoms with E-state index >= 15 is 0 Å². The molecule has 3 nitrogen and oxygen atoms in total. The molecule has 2 heterocycles. The summed E-state index contributed by atoms with van der Waals surface area (Å²) in [5, 5.41) is 0.617. The third-order valence-electron chi connectivity index (χ3n) is 3.95. The second-order valence-corrected chi connectivity index (χ2v) is 5.77. The standard InChI is InChI=1S/C14H16ClNO2/c1-16-6-4-14(5-7-16)9-12(17)11-3-2-10(15)8-13(11)18-14/h2-3,8H,4-7,9H2,1H3. The summed E-state index contributed by atoms with van der Waals surface area (Å²) in [5.41, 5.74) is 0.366. The van der Waals surface area contributed by atoms with Gasteiger partial charge in [-0.25, -0.2) is 0 Å². The molecule has 18 heavy (non-hydrogen) atoms. The first-order chi connectivity index (χ1) is 8.58. The lowest BCUT2D eigenvalue weighted by molar-refractivity contribution is -0.00366. The molecule has 4 heteroatoms. The lowest BCUT2D eigenvalue weighted by Gasteiger charge is -2.43. The van der Waals surface area contributed by atoms with Crippen LogP contribution in [0.1, 0.15) is 29.6 Å². The van der Waals surface area contributed by atoms with Gasteiger partial charge in [-0.1, -0.05) is 11.6 Å². The summed E-state index contributed by atoms with van der Waals surface area (Å²) in [7, 11) is 2.10. The first-order valence-corrected chi connectivity index (χ1v) is 6.66. The minimum absolute atomic E-state index is 0.178. The van der Waals surface area contributed by atoms with Gasteiger partial charge in [0.2, 0.25) is 0 Å². The number of rotatable bonds is 0. The van der Waals surface area contributed by atoms with Crippen LogP contribution >= 0.6 is 11.6 Å². The van der Waals surface area contributed by atoms with E-state index < -0.39 is 0 Å². The first kappa shape index (κ1) is 12.0. The van der Waals surface area contributed by atoms with Crippen molar-refractivity contribution in [1.29, 1.82) is 0 Å². The number of Topliss-reactive ketones (excluding diaryl/α,β-unsaturated/α-hetero) is 1. The highest BCUT2D eigenvalue weighted by Crippen LogP contribution is 2.40. The number of halogens is 1. The van der Waals surface area contributed by atoms with Gasteiger partial charge in [-0.3, -0.25) is 4.79 Å². The van der Waals surface area contributed by atoms with Crippen LogP contribution in [-0.2, 0) is 0 Å². The number of hydrogen-bond acceptors (Lipinski definition) is 3. The molecule has 0 radical (unpaired) electrons. The van der Waals surface area contributed by atoms with Crippen molar-refractivity contribution in [2.24, 2.45) is 0 Å². The third-order valence-corrected chi connectivity index (χ3v) is 4.19. The lowest BCUT2D eigenvalue weighted by atomic mass is 9.82. The zero-order chi connectivity index (χ0) is 12.8. The number of piperidine rings is 1. The van der Waals surface area contributed by atoms with Crippen LogP contribution in [0.15, 0.2) is 18.2 Å². The molecule has 3 rings (SSSR count). The van der Waals surface area contributed by atoms with Crippen molar-refractivity contribution in [3.8, 4) is 5.75 Å². The fraction of sp³-hybridized carbons (Fsp3) is 0.500. The van der Waals surface area contributed by atoms with E-state index in [1.54, 1.807) is 18.2 Å². The SMILES string of the molecule is CN1CCC2(CC1)CC(=O)c1ccc(Cl)cc1O2. The molecule has 0 amide bonds. The van der Waals surface area contributed by atoms with Crippen molar-refractivity contribution in [1.82, 2.24) is 4.90 Å². The summed E-state index contributed by atoms with van der Waals surface area (Å²) in [6.07, 6.45) is 2.30. The van der Waals surface area contributed by atoms with Crippen LogP contribution in [-0.4, -0.2) is 36.4 Å². The van der Waals surface area contributed by atoms with Crippen LogP contribution in [0.25, 0.3) is 0 Å². The normalized spacial score (nSPS) is 22.7. The molecule has 2 aliphatic rings. The maximum absolute atomic E-state index is 12.2. The first-order valence-electron chi connectivity index (χ1n) is 6.28. The Morgan fingerprint density at radius 1 is 1.33 bits per heavy atom. The fourth-order valence-electron chi connectivity index (χ4n) is 2.77. The molecule has 0 aliphatic carbocycles. The summed E-state index contributed by atoms with van der Waals surface area (Å²) in [6, 6.07) is 5.27. The average molecular weight is 266 g/mol. The van der Waals surface area contributed by atoms with Gasteiger partial charge in [-0.15, -0.1) is 0 Å². The summed E-state index contributed by atoms with van der Waals surface area (Å²) >= 11 is 5.98. The summed E-state index contributed by atoms with van der Waals surface area (Å²) in [5.74, 6) is 0.834. The number of nitrogens with zero attached hydrogens (tertiary/aromatic N) is 1. The Bertz CT molecular complexity index is 493. The predicted molar refractivity (Wildman–Crippen MR) is 70.5 cm³/mol. The van der Waals surface area contributed by atoms with Crippen LogP contribution in [0.2, 0.25) is 5.02 Å². The molecule has 0 saturated carbocycles. The molecule has 1 fully saturated rings. The predicted octanol–water partition coefficient (Wildman–Crippen LogP) is 2.77. The summed E-state index contributed by atoms with van der Waals surface area (Å²) in [4.78, 5) is 14.5. The third kappa shape index (κ3) is 2.02. The molecule has 1 spiro atoms. The smallest absolute Gasteiger partial charge is 0.170 e. The molecule has 0 atom stereocenters. The molecule has 2 aliphatic heterocycles. The second kappa shape index (κ2) is 4.25. The molecule has 0 bridgehead atoms. The van der Waals surface area contributed by atoms with Crippen LogP contribution in [0, 0.1) is 0 Å². The molecule has 1 aromatic rings. The molecule has 0 N–H and O–H groups in total. The highest BCUT2D eigenvalue weighted by Gasteiger charge is 2.42. The van der Waals surface area contributed by atoms with Gasteiger partial charge in [0.05, 0.1) is 12.0 Å². The second-order valence-electron chi connectivity index (χ2n) is 5.33. The molecular formula is C14H16ClNO2. The topological polar surface area (TPSA) is 29.5 Å². The Hall–Kier alpha value is -1.06. The molecule has 0 unspecified atom stereocenters. The Labute approximate surface area is 112 Å². The average Bonchev–Trinajstić information content (AvgIpc) is 2.33. The number of hydrogen-bond donors (Lipinski definition) is 0. The van der Waals surface area contributed by atoms with E-state index in [2.05, 4.69) is 11.9 Å². The zero-order valence-electron chi connectivity index (χ0n) is 10.4. The summed E-state index contributed by atoms with van der Waals surface area (Å²) in [6.45, 7) is 1.95. The van der Waals surface area contributed by atoms with Crippen LogP contribution < -0.4 is 4.74 Å². The van der Waals surface area contributed by atoms with Gasteiger partial charge in [0.25, 0.3) is 0 Å². The van der Waals surface area contributed by atoms with Gasteiger partial charge >= 0.3 is 0 Å². The number of fused-ring (bicyclic) bond motifs is 1. The van der Waals surface area contributed by atoms with Crippen LogP contribution in [0.3, 0.4) is 0 Å². The molecule has 1 aromatic carbocycles. The number of carbonyl (C=O) groups is 1. The van der Waals surface area contributed by atoms with E-state index in [-0.39, 0.29) is 11.4 Å². The van der Waals surface area contributed by atoms with Gasteiger partial charge in [0, 0.05) is 31.0 Å². The largest absolute Gasteiger partial charge is 0.486 e. The quantitative estimate of drug-likeness (QED) is 0.722. The van der Waals surface area contributed by atoms with Gasteiger partial charge < -0.3 is 9.64 Å². The monoisotopic (exact) mass is 265 g/mol. The van der Waals surface area contributed by atoms with Crippen LogP contribution in [0.4, 0.5) is 0 Å². The van der Waals surface area contributed by atoms with Crippen molar-refractivity contribution in [2.45, 2.75) is 24.9 Å². The van der Waals surface area contributed by atoms with Crippen molar-refractivity contribution >= 4 is 17.4 Å². The fourth-order valence-corrected chi connectivity index (χ4v) is 2.94. The number of carbonyl (C=O) groups excluding carboxylic acids is 1. The van der Waals surface area contributed by atoms with Gasteiger partial charge in [-0.05, 0) is 25.2 Å². The molecule has 0 aromatic heterocycles. The molecule has 96 valence electrons. The van der Waals surface area contributed by atoms with Crippen LogP contribution in [0.5, 0.6) is 5.75 Å². The van der Waals surface area contributed by atoms with Crippen molar-refractivity contribution in [2.75, 3.05) is 20.1 Å². The van der Waals surface area contributed by atoms with E-state index in [0.717, 1.165) is 25.9 Å². The number of benzene rings is 1. The van der Waals surface area contributed by atoms with Gasteiger partial charge in [-0.2, -0.15) is 0 Å². The maximum Gasteiger partial charge on any atom is 0.170 e. The Kier molecular flexibility index (Phi) is 2.83. The van der Waals surface area contributed by atoms with E-state index in [9.17, 15) is 4.79 Å². The van der Waals surface area contributed by atoms with Crippen molar-refractivity contribution < 1.29 is 9.53 Å². The minimum Gasteiger partial charge on any atom is -0.486 e. The Morgan fingerprint density at radius 2 is 2.06 bits per heavy atom. The zero-order valence-corrected chi connectivity index (χ0v) is 11.2. The van der Waals surface area contributed by atoms with E-state index in [1.165, 1.54) is 0 Å². The minimum atomic E-state index is -0.304. The van der Waals surface area contributed by atoms with Crippen molar-refractivity contribution in [3.05, 3.63) is 28.8 Å². The number of ketones is 1. The molecule has 1 saturated heterocycles. The molecular weight excluding hydrogens is 250 g/mol. The lowest BCUT2D eigenvalue weighted by Crippen LogP contribution is -2.50. The number of ether oxygens (including phenoxy) is 1. The summed E-state index contributed by atoms with van der Waals surface area (Å²) < 4.78 is 6.13. The van der Waals surface area contributed by atoms with E-state index in [1.807, 2.05) is 0 Å². The van der Waals surface area contributed by atoms with Gasteiger partial charge in [0.15, 0.2) is 5.78 Å².